The summed E-state index contributed by atoms with van der Waals surface area (Å²) in [4.78, 5) is 21.4. The van der Waals surface area contributed by atoms with E-state index in [2.05, 4.69) is 20.3 Å². The number of methoxy groups -OCH3 is 1. The molecule has 2 aromatic carbocycles. The van der Waals surface area contributed by atoms with E-state index >= 15 is 0 Å². The predicted molar refractivity (Wildman–Crippen MR) is 120 cm³/mol. The van der Waals surface area contributed by atoms with Gasteiger partial charge >= 0.3 is 0 Å². The zero-order valence-corrected chi connectivity index (χ0v) is 18.9. The third-order valence-electron chi connectivity index (χ3n) is 5.67. The van der Waals surface area contributed by atoms with Crippen LogP contribution < -0.4 is 4.74 Å². The quantitative estimate of drug-likeness (QED) is 0.435. The topological polar surface area (TPSA) is 99.2 Å². The van der Waals surface area contributed by atoms with Crippen LogP contribution >= 0.6 is 11.6 Å². The second kappa shape index (κ2) is 8.67. The summed E-state index contributed by atoms with van der Waals surface area (Å²) in [5.74, 6) is 1.07. The van der Waals surface area contributed by atoms with Crippen molar-refractivity contribution in [3.63, 3.8) is 0 Å². The summed E-state index contributed by atoms with van der Waals surface area (Å²) >= 11 is 6.23. The van der Waals surface area contributed by atoms with Crippen molar-refractivity contribution in [2.45, 2.75) is 25.8 Å². The molecule has 0 bridgehead atoms. The Kier molecular flexibility index (Phi) is 5.55. The number of amides is 1. The van der Waals surface area contributed by atoms with Crippen molar-refractivity contribution in [2.24, 2.45) is 0 Å². The molecule has 5 rings (SSSR count). The van der Waals surface area contributed by atoms with Gasteiger partial charge in [0.05, 0.1) is 47.4 Å². The average molecular weight is 465 g/mol. The average Bonchev–Trinajstić information content (AvgIpc) is 3.60. The first kappa shape index (κ1) is 21.1. The number of halogens is 1. The van der Waals surface area contributed by atoms with Gasteiger partial charge in [0.25, 0.3) is 11.8 Å². The summed E-state index contributed by atoms with van der Waals surface area (Å²) in [7, 11) is 1.53. The molecule has 1 saturated heterocycles. The van der Waals surface area contributed by atoms with Crippen molar-refractivity contribution in [3.05, 3.63) is 70.8 Å². The van der Waals surface area contributed by atoms with Crippen LogP contribution in [-0.4, -0.2) is 49.6 Å². The Hall–Kier alpha value is -3.72. The molecule has 1 unspecified atom stereocenters. The highest BCUT2D eigenvalue weighted by Gasteiger charge is 2.35. The molecule has 0 N–H and O–H groups in total. The number of rotatable bonds is 5. The van der Waals surface area contributed by atoms with E-state index in [-0.39, 0.29) is 11.9 Å². The molecule has 0 spiro atoms. The van der Waals surface area contributed by atoms with Gasteiger partial charge in [-0.3, -0.25) is 4.79 Å². The summed E-state index contributed by atoms with van der Waals surface area (Å²) in [5.41, 5.74) is 2.76. The van der Waals surface area contributed by atoms with E-state index in [1.807, 2.05) is 25.1 Å². The Morgan fingerprint density at radius 3 is 2.82 bits per heavy atom. The number of aryl methyl sites for hydroxylation is 1. The summed E-state index contributed by atoms with van der Waals surface area (Å²) < 4.78 is 10.9. The molecule has 33 heavy (non-hydrogen) atoms. The van der Waals surface area contributed by atoms with E-state index in [0.29, 0.717) is 45.8 Å². The van der Waals surface area contributed by atoms with Crippen LogP contribution in [0.5, 0.6) is 5.75 Å². The zero-order chi connectivity index (χ0) is 22.9. The highest BCUT2D eigenvalue weighted by atomic mass is 35.5. The number of para-hydroxylation sites is 1. The second-order valence-electron chi connectivity index (χ2n) is 7.77. The number of ether oxygens (including phenoxy) is 1. The van der Waals surface area contributed by atoms with Gasteiger partial charge in [0, 0.05) is 6.54 Å². The highest BCUT2D eigenvalue weighted by molar-refractivity contribution is 6.32. The van der Waals surface area contributed by atoms with Crippen LogP contribution in [0.1, 0.15) is 40.6 Å². The number of nitrogens with zero attached hydrogens (tertiary/aromatic N) is 6. The van der Waals surface area contributed by atoms with Crippen LogP contribution in [0.3, 0.4) is 0 Å². The van der Waals surface area contributed by atoms with Crippen LogP contribution in [0.2, 0.25) is 5.02 Å². The molecular weight excluding hydrogens is 444 g/mol. The molecular formula is C23H21ClN6O3. The number of hydrogen-bond donors (Lipinski definition) is 0. The molecule has 0 aliphatic carbocycles. The molecule has 2 aromatic heterocycles. The van der Waals surface area contributed by atoms with Gasteiger partial charge in [-0.2, -0.15) is 20.0 Å². The molecule has 1 fully saturated rings. The number of carbonyl (C=O) groups is 1. The fourth-order valence-electron chi connectivity index (χ4n) is 4.13. The highest BCUT2D eigenvalue weighted by Crippen LogP contribution is 2.37. The number of aromatic nitrogens is 5. The standard InChI is InChI=1S/C23H21ClN6O3/c1-14-8-9-15(19(13-14)30-25-10-11-26-30)23(31)29-12-4-7-18(29)21-27-22(33-28-21)16-5-3-6-17(24)20(16)32-2/h3,5-6,8-11,13,18H,4,7,12H2,1-2H3. The molecule has 1 amide bonds. The molecule has 1 aliphatic rings. The van der Waals surface area contributed by atoms with Gasteiger partial charge in [0.2, 0.25) is 0 Å². The van der Waals surface area contributed by atoms with Gasteiger partial charge in [0.15, 0.2) is 5.82 Å². The van der Waals surface area contributed by atoms with Crippen LogP contribution in [0.4, 0.5) is 0 Å². The number of likely N-dealkylation sites (tertiary alicyclic amines) is 1. The van der Waals surface area contributed by atoms with Crippen molar-refractivity contribution in [1.82, 2.24) is 30.0 Å². The smallest absolute Gasteiger partial charge is 0.261 e. The Labute approximate surface area is 194 Å². The molecule has 168 valence electrons. The lowest BCUT2D eigenvalue weighted by Crippen LogP contribution is -2.32. The molecule has 9 nitrogen and oxygen atoms in total. The van der Waals surface area contributed by atoms with Crippen molar-refractivity contribution < 1.29 is 14.1 Å². The van der Waals surface area contributed by atoms with Crippen LogP contribution in [0.25, 0.3) is 17.1 Å². The minimum atomic E-state index is -0.306. The van der Waals surface area contributed by atoms with Crippen LogP contribution in [0.15, 0.2) is 53.3 Å². The largest absolute Gasteiger partial charge is 0.494 e. The molecule has 1 atom stereocenters. The maximum atomic E-state index is 13.6. The summed E-state index contributed by atoms with van der Waals surface area (Å²) in [6, 6.07) is 10.6. The number of carbonyl (C=O) groups excluding carboxylic acids is 1. The maximum Gasteiger partial charge on any atom is 0.261 e. The van der Waals surface area contributed by atoms with Gasteiger partial charge in [-0.05, 0) is 49.6 Å². The van der Waals surface area contributed by atoms with Crippen molar-refractivity contribution in [2.75, 3.05) is 13.7 Å². The second-order valence-corrected chi connectivity index (χ2v) is 8.18. The third-order valence-corrected chi connectivity index (χ3v) is 5.97. The maximum absolute atomic E-state index is 13.6. The van der Waals surface area contributed by atoms with E-state index in [9.17, 15) is 4.79 Å². The molecule has 4 aromatic rings. The Morgan fingerprint density at radius 1 is 1.21 bits per heavy atom. The van der Waals surface area contributed by atoms with E-state index in [4.69, 9.17) is 20.9 Å². The first-order chi connectivity index (χ1) is 16.1. The lowest BCUT2D eigenvalue weighted by atomic mass is 10.1. The van der Waals surface area contributed by atoms with E-state index in [1.165, 1.54) is 11.9 Å². The van der Waals surface area contributed by atoms with Crippen LogP contribution in [-0.2, 0) is 0 Å². The van der Waals surface area contributed by atoms with Gasteiger partial charge in [-0.1, -0.05) is 28.9 Å². The Morgan fingerprint density at radius 2 is 2.03 bits per heavy atom. The zero-order valence-electron chi connectivity index (χ0n) is 18.1. The van der Waals surface area contributed by atoms with Crippen molar-refractivity contribution >= 4 is 17.5 Å². The number of benzene rings is 2. The molecule has 0 saturated carbocycles. The van der Waals surface area contributed by atoms with Gasteiger partial charge < -0.3 is 14.2 Å². The first-order valence-corrected chi connectivity index (χ1v) is 10.9. The minimum absolute atomic E-state index is 0.128. The fourth-order valence-corrected chi connectivity index (χ4v) is 4.38. The van der Waals surface area contributed by atoms with E-state index in [0.717, 1.165) is 18.4 Å². The SMILES string of the molecule is COc1c(Cl)cccc1-c1nc(C2CCCN2C(=O)c2ccc(C)cc2-n2nccn2)no1. The van der Waals surface area contributed by atoms with Gasteiger partial charge in [-0.25, -0.2) is 0 Å². The lowest BCUT2D eigenvalue weighted by molar-refractivity contribution is 0.0728. The summed E-state index contributed by atoms with van der Waals surface area (Å²) in [5, 5.41) is 13.0. The van der Waals surface area contributed by atoms with Gasteiger partial charge in [-0.15, -0.1) is 0 Å². The van der Waals surface area contributed by atoms with E-state index < -0.39 is 0 Å². The minimum Gasteiger partial charge on any atom is -0.494 e. The monoisotopic (exact) mass is 464 g/mol. The molecule has 10 heteroatoms. The normalized spacial score (nSPS) is 15.7. The molecule has 0 radical (unpaired) electrons. The first-order valence-electron chi connectivity index (χ1n) is 10.5. The van der Waals surface area contributed by atoms with Crippen molar-refractivity contribution in [3.8, 4) is 22.9 Å². The predicted octanol–water partition coefficient (Wildman–Crippen LogP) is 4.27. The van der Waals surface area contributed by atoms with E-state index in [1.54, 1.807) is 35.5 Å². The number of hydrogen-bond acceptors (Lipinski definition) is 7. The van der Waals surface area contributed by atoms with Gasteiger partial charge in [0.1, 0.15) is 5.75 Å². The Bertz CT molecular complexity index is 1300. The molecule has 1 aliphatic heterocycles. The molecule has 3 heterocycles. The van der Waals surface area contributed by atoms with Crippen LogP contribution in [0, 0.1) is 6.92 Å². The summed E-state index contributed by atoms with van der Waals surface area (Å²) in [6.45, 7) is 2.55. The lowest BCUT2D eigenvalue weighted by Gasteiger charge is -2.23. The third kappa shape index (κ3) is 3.84. The summed E-state index contributed by atoms with van der Waals surface area (Å²) in [6.07, 6.45) is 4.74. The fraction of sp³-hybridized carbons (Fsp3) is 0.261. The van der Waals surface area contributed by atoms with Crippen molar-refractivity contribution in [1.29, 1.82) is 0 Å². The Balaban J connectivity index is 1.47.